The minimum Gasteiger partial charge on any atom is -0.497 e. The van der Waals surface area contributed by atoms with Crippen LogP contribution in [0.2, 0.25) is 0 Å². The Morgan fingerprint density at radius 2 is 1.70 bits per heavy atom. The van der Waals surface area contributed by atoms with Crippen LogP contribution in [0.5, 0.6) is 5.75 Å². The summed E-state index contributed by atoms with van der Waals surface area (Å²) in [5, 5.41) is 3.07. The zero-order valence-corrected chi connectivity index (χ0v) is 22.5. The summed E-state index contributed by atoms with van der Waals surface area (Å²) in [5.74, 6) is 0.527. The lowest BCUT2D eigenvalue weighted by Gasteiger charge is -2.32. The van der Waals surface area contributed by atoms with Crippen molar-refractivity contribution in [3.8, 4) is 5.75 Å². The third-order valence-electron chi connectivity index (χ3n) is 6.20. The average molecular weight is 523 g/mol. The molecule has 1 N–H and O–H groups in total. The molecule has 0 bridgehead atoms. The van der Waals surface area contributed by atoms with Crippen LogP contribution in [0.1, 0.15) is 37.0 Å². The molecule has 0 saturated carbocycles. The van der Waals surface area contributed by atoms with Gasteiger partial charge in [-0.15, -0.1) is 11.8 Å². The Kier molecular flexibility index (Phi) is 11.0. The molecule has 3 aromatic carbocycles. The van der Waals surface area contributed by atoms with Crippen LogP contribution in [-0.4, -0.2) is 41.7 Å². The number of carbonyl (C=O) groups excluding carboxylic acids is 2. The van der Waals surface area contributed by atoms with E-state index in [1.807, 2.05) is 68.4 Å². The van der Waals surface area contributed by atoms with Gasteiger partial charge in [0.15, 0.2) is 0 Å². The van der Waals surface area contributed by atoms with Crippen LogP contribution in [0.3, 0.4) is 0 Å². The standard InChI is InChI=1S/C30H35FN2O3S/c1-4-22(2)32-30(35)28(18-23-11-6-5-7-12-23)33(19-24-13-10-15-26(17-24)36-3)29(34)21-37-20-25-14-8-9-16-27(25)31/h5-17,22,28H,4,18-21H2,1-3H3,(H,32,35)/t22-,28+/m0/s1. The van der Waals surface area contributed by atoms with Crippen LogP contribution in [0.15, 0.2) is 78.9 Å². The lowest BCUT2D eigenvalue weighted by atomic mass is 10.0. The number of hydrogen-bond acceptors (Lipinski definition) is 4. The van der Waals surface area contributed by atoms with E-state index in [-0.39, 0.29) is 36.0 Å². The number of nitrogens with one attached hydrogen (secondary N) is 1. The molecule has 0 aliphatic rings. The average Bonchev–Trinajstić information content (AvgIpc) is 2.92. The predicted molar refractivity (Wildman–Crippen MR) is 148 cm³/mol. The first kappa shape index (κ1) is 28.3. The van der Waals surface area contributed by atoms with Gasteiger partial charge in [-0.1, -0.05) is 67.6 Å². The van der Waals surface area contributed by atoms with E-state index in [2.05, 4.69) is 5.32 Å². The minimum absolute atomic E-state index is 0.0185. The molecule has 37 heavy (non-hydrogen) atoms. The summed E-state index contributed by atoms with van der Waals surface area (Å²) in [6.45, 7) is 4.22. The summed E-state index contributed by atoms with van der Waals surface area (Å²) >= 11 is 1.34. The van der Waals surface area contributed by atoms with E-state index >= 15 is 0 Å². The molecule has 0 fully saturated rings. The maximum absolute atomic E-state index is 14.1. The van der Waals surface area contributed by atoms with E-state index < -0.39 is 6.04 Å². The van der Waals surface area contributed by atoms with Crippen molar-refractivity contribution in [1.29, 1.82) is 0 Å². The molecule has 5 nitrogen and oxygen atoms in total. The predicted octanol–water partition coefficient (Wildman–Crippen LogP) is 5.62. The molecule has 0 spiro atoms. The van der Waals surface area contributed by atoms with Gasteiger partial charge >= 0.3 is 0 Å². The number of halogens is 1. The van der Waals surface area contributed by atoms with E-state index in [4.69, 9.17) is 4.74 Å². The number of methoxy groups -OCH3 is 1. The van der Waals surface area contributed by atoms with E-state index in [9.17, 15) is 14.0 Å². The summed E-state index contributed by atoms with van der Waals surface area (Å²) in [6.07, 6.45) is 1.17. The van der Waals surface area contributed by atoms with Gasteiger partial charge in [-0.05, 0) is 48.2 Å². The summed E-state index contributed by atoms with van der Waals surface area (Å²) in [7, 11) is 1.60. The number of carbonyl (C=O) groups is 2. The highest BCUT2D eigenvalue weighted by Gasteiger charge is 2.31. The van der Waals surface area contributed by atoms with Crippen molar-refractivity contribution >= 4 is 23.6 Å². The Bertz CT molecular complexity index is 1160. The van der Waals surface area contributed by atoms with Crippen LogP contribution in [0.25, 0.3) is 0 Å². The first-order valence-electron chi connectivity index (χ1n) is 12.5. The molecule has 0 heterocycles. The zero-order chi connectivity index (χ0) is 26.6. The van der Waals surface area contributed by atoms with Crippen LogP contribution in [-0.2, 0) is 28.3 Å². The molecule has 0 radical (unpaired) electrons. The van der Waals surface area contributed by atoms with Crippen molar-refractivity contribution in [2.24, 2.45) is 0 Å². The van der Waals surface area contributed by atoms with Gasteiger partial charge < -0.3 is 15.0 Å². The molecule has 0 aliphatic carbocycles. The second-order valence-corrected chi connectivity index (χ2v) is 9.97. The van der Waals surface area contributed by atoms with Crippen molar-refractivity contribution in [2.45, 2.75) is 51.1 Å². The van der Waals surface area contributed by atoms with Crippen molar-refractivity contribution < 1.29 is 18.7 Å². The first-order valence-corrected chi connectivity index (χ1v) is 13.6. The number of rotatable bonds is 13. The van der Waals surface area contributed by atoms with E-state index in [0.29, 0.717) is 23.5 Å². The van der Waals surface area contributed by atoms with Crippen LogP contribution >= 0.6 is 11.8 Å². The normalized spacial score (nSPS) is 12.4. The van der Waals surface area contributed by atoms with Crippen molar-refractivity contribution in [3.63, 3.8) is 0 Å². The smallest absolute Gasteiger partial charge is 0.243 e. The Morgan fingerprint density at radius 3 is 2.41 bits per heavy atom. The monoisotopic (exact) mass is 522 g/mol. The molecular formula is C30H35FN2O3S. The molecule has 7 heteroatoms. The van der Waals surface area contributed by atoms with Gasteiger partial charge in [-0.25, -0.2) is 4.39 Å². The number of ether oxygens (including phenoxy) is 1. The molecule has 3 rings (SSSR count). The molecule has 3 aromatic rings. The van der Waals surface area contributed by atoms with Crippen LogP contribution in [0.4, 0.5) is 4.39 Å². The fourth-order valence-electron chi connectivity index (χ4n) is 3.91. The van der Waals surface area contributed by atoms with E-state index in [1.165, 1.54) is 17.8 Å². The lowest BCUT2D eigenvalue weighted by molar-refractivity contribution is -0.139. The molecular weight excluding hydrogens is 487 g/mol. The Hall–Kier alpha value is -3.32. The fraction of sp³-hybridized carbons (Fsp3) is 0.333. The summed E-state index contributed by atoms with van der Waals surface area (Å²) in [6, 6.07) is 23.1. The van der Waals surface area contributed by atoms with Crippen LogP contribution in [0, 0.1) is 5.82 Å². The van der Waals surface area contributed by atoms with Gasteiger partial charge in [-0.2, -0.15) is 0 Å². The van der Waals surface area contributed by atoms with Gasteiger partial charge in [-0.3, -0.25) is 9.59 Å². The first-order chi connectivity index (χ1) is 17.9. The number of amides is 2. The molecule has 0 aliphatic heterocycles. The Labute approximate surface area is 223 Å². The number of nitrogens with zero attached hydrogens (tertiary/aromatic N) is 1. The van der Waals surface area contributed by atoms with E-state index in [1.54, 1.807) is 30.2 Å². The molecule has 0 unspecified atom stereocenters. The highest BCUT2D eigenvalue weighted by atomic mass is 32.2. The third-order valence-corrected chi connectivity index (χ3v) is 7.17. The summed E-state index contributed by atoms with van der Waals surface area (Å²) in [4.78, 5) is 28.8. The second kappa shape index (κ2) is 14.4. The lowest BCUT2D eigenvalue weighted by Crippen LogP contribution is -2.52. The maximum atomic E-state index is 14.1. The van der Waals surface area contributed by atoms with Gasteiger partial charge in [0.1, 0.15) is 17.6 Å². The Balaban J connectivity index is 1.88. The molecule has 2 atom stereocenters. The molecule has 0 saturated heterocycles. The fourth-order valence-corrected chi connectivity index (χ4v) is 4.81. The van der Waals surface area contributed by atoms with E-state index in [0.717, 1.165) is 17.5 Å². The third kappa shape index (κ3) is 8.64. The zero-order valence-electron chi connectivity index (χ0n) is 21.7. The number of benzene rings is 3. The van der Waals surface area contributed by atoms with Gasteiger partial charge in [0.05, 0.1) is 12.9 Å². The topological polar surface area (TPSA) is 58.6 Å². The Morgan fingerprint density at radius 1 is 1.00 bits per heavy atom. The SMILES string of the molecule is CC[C@H](C)NC(=O)[C@@H](Cc1ccccc1)N(Cc1cccc(OC)c1)C(=O)CSCc1ccccc1F. The highest BCUT2D eigenvalue weighted by Crippen LogP contribution is 2.21. The van der Waals surface area contributed by atoms with Crippen molar-refractivity contribution in [2.75, 3.05) is 12.9 Å². The maximum Gasteiger partial charge on any atom is 0.243 e. The summed E-state index contributed by atoms with van der Waals surface area (Å²) < 4.78 is 19.5. The summed E-state index contributed by atoms with van der Waals surface area (Å²) in [5.41, 5.74) is 2.38. The highest BCUT2D eigenvalue weighted by molar-refractivity contribution is 7.99. The largest absolute Gasteiger partial charge is 0.497 e. The van der Waals surface area contributed by atoms with Gasteiger partial charge in [0.2, 0.25) is 11.8 Å². The molecule has 196 valence electrons. The minimum atomic E-state index is -0.704. The number of thioether (sulfide) groups is 1. The second-order valence-electron chi connectivity index (χ2n) is 8.98. The quantitative estimate of drug-likeness (QED) is 0.317. The molecule has 2 amide bonds. The van der Waals surface area contributed by atoms with Gasteiger partial charge in [0, 0.05) is 24.8 Å². The van der Waals surface area contributed by atoms with Gasteiger partial charge in [0.25, 0.3) is 0 Å². The number of hydrogen-bond donors (Lipinski definition) is 1. The van der Waals surface area contributed by atoms with Crippen molar-refractivity contribution in [1.82, 2.24) is 10.2 Å². The van der Waals surface area contributed by atoms with Crippen molar-refractivity contribution in [3.05, 3.63) is 101 Å². The van der Waals surface area contributed by atoms with Crippen LogP contribution < -0.4 is 10.1 Å². The molecule has 0 aromatic heterocycles.